The van der Waals surface area contributed by atoms with Gasteiger partial charge in [-0.25, -0.2) is 4.98 Å². The molecule has 0 saturated heterocycles. The summed E-state index contributed by atoms with van der Waals surface area (Å²) in [7, 11) is 1.52. The predicted octanol–water partition coefficient (Wildman–Crippen LogP) is 3.51. The van der Waals surface area contributed by atoms with E-state index in [1.807, 2.05) is 36.4 Å². The lowest BCUT2D eigenvalue weighted by Crippen LogP contribution is -2.29. The fourth-order valence-corrected chi connectivity index (χ4v) is 3.33. The lowest BCUT2D eigenvalue weighted by Gasteiger charge is -2.11. The highest BCUT2D eigenvalue weighted by molar-refractivity contribution is 5.77. The first-order valence-electron chi connectivity index (χ1n) is 10.1. The van der Waals surface area contributed by atoms with Gasteiger partial charge >= 0.3 is 0 Å². The minimum absolute atomic E-state index is 0.0807. The Kier molecular flexibility index (Phi) is 7.64. The highest BCUT2D eigenvalue weighted by atomic mass is 16.5. The van der Waals surface area contributed by atoms with E-state index in [9.17, 15) is 4.79 Å². The van der Waals surface area contributed by atoms with Gasteiger partial charge < -0.3 is 19.4 Å². The maximum Gasteiger partial charge on any atom is 0.245 e. The third-order valence-corrected chi connectivity index (χ3v) is 4.81. The van der Waals surface area contributed by atoms with E-state index >= 15 is 0 Å². The maximum atomic E-state index is 11.6. The maximum absolute atomic E-state index is 11.6. The molecule has 0 radical (unpaired) electrons. The van der Waals surface area contributed by atoms with Crippen molar-refractivity contribution in [2.24, 2.45) is 0 Å². The van der Waals surface area contributed by atoms with Gasteiger partial charge in [-0.2, -0.15) is 0 Å². The molecule has 0 bridgehead atoms. The van der Waals surface area contributed by atoms with E-state index in [-0.39, 0.29) is 12.5 Å². The topological polar surface area (TPSA) is 65.4 Å². The van der Waals surface area contributed by atoms with Crippen LogP contribution < -0.4 is 10.1 Å². The van der Waals surface area contributed by atoms with Crippen LogP contribution in [0.15, 0.2) is 48.5 Å². The van der Waals surface area contributed by atoms with Gasteiger partial charge in [0.1, 0.15) is 18.2 Å². The molecule has 1 heterocycles. The third kappa shape index (κ3) is 5.81. The molecule has 0 atom stereocenters. The fourth-order valence-electron chi connectivity index (χ4n) is 3.33. The first-order valence-corrected chi connectivity index (χ1v) is 10.1. The van der Waals surface area contributed by atoms with Crippen LogP contribution in [0.3, 0.4) is 0 Å². The molecule has 3 aromatic rings. The van der Waals surface area contributed by atoms with Crippen LogP contribution in [0.5, 0.6) is 5.75 Å². The van der Waals surface area contributed by atoms with E-state index in [0.29, 0.717) is 19.6 Å². The van der Waals surface area contributed by atoms with Gasteiger partial charge in [-0.1, -0.05) is 30.3 Å². The minimum atomic E-state index is -0.108. The SMILES string of the molecule is COCC(=O)NCCc1nc2ccccc2n1CCCCOc1ccccc1C. The molecule has 3 rings (SSSR count). The van der Waals surface area contributed by atoms with Crippen LogP contribution in [0.2, 0.25) is 0 Å². The molecule has 1 amide bonds. The van der Waals surface area contributed by atoms with Crippen LogP contribution in [-0.4, -0.2) is 42.3 Å². The van der Waals surface area contributed by atoms with E-state index in [0.717, 1.165) is 47.6 Å². The van der Waals surface area contributed by atoms with Gasteiger partial charge in [0.05, 0.1) is 17.6 Å². The number of para-hydroxylation sites is 3. The Morgan fingerprint density at radius 3 is 2.72 bits per heavy atom. The summed E-state index contributed by atoms with van der Waals surface area (Å²) in [6.07, 6.45) is 2.64. The van der Waals surface area contributed by atoms with Crippen molar-refractivity contribution in [1.29, 1.82) is 0 Å². The summed E-state index contributed by atoms with van der Waals surface area (Å²) in [4.78, 5) is 16.4. The Balaban J connectivity index is 1.55. The van der Waals surface area contributed by atoms with Crippen molar-refractivity contribution in [2.75, 3.05) is 26.9 Å². The number of aromatic nitrogens is 2. The summed E-state index contributed by atoms with van der Waals surface area (Å²) in [6, 6.07) is 16.2. The summed E-state index contributed by atoms with van der Waals surface area (Å²) in [6.45, 7) is 4.25. The number of carbonyl (C=O) groups is 1. The molecule has 1 aromatic heterocycles. The third-order valence-electron chi connectivity index (χ3n) is 4.81. The number of methoxy groups -OCH3 is 1. The van der Waals surface area contributed by atoms with Crippen LogP contribution >= 0.6 is 0 Å². The summed E-state index contributed by atoms with van der Waals surface area (Å²) in [5, 5.41) is 2.87. The van der Waals surface area contributed by atoms with Crippen LogP contribution in [0, 0.1) is 6.92 Å². The van der Waals surface area contributed by atoms with Gasteiger partial charge in [0.2, 0.25) is 5.91 Å². The summed E-state index contributed by atoms with van der Waals surface area (Å²) in [5.41, 5.74) is 3.28. The van der Waals surface area contributed by atoms with Gasteiger partial charge in [0.15, 0.2) is 0 Å². The second kappa shape index (κ2) is 10.6. The number of hydrogen-bond donors (Lipinski definition) is 1. The highest BCUT2D eigenvalue weighted by Gasteiger charge is 2.11. The zero-order valence-corrected chi connectivity index (χ0v) is 17.2. The minimum Gasteiger partial charge on any atom is -0.493 e. The van der Waals surface area contributed by atoms with Crippen LogP contribution in [0.25, 0.3) is 11.0 Å². The predicted molar refractivity (Wildman–Crippen MR) is 114 cm³/mol. The number of nitrogens with zero attached hydrogens (tertiary/aromatic N) is 2. The number of benzene rings is 2. The number of hydrogen-bond acceptors (Lipinski definition) is 4. The van der Waals surface area contributed by atoms with E-state index < -0.39 is 0 Å². The summed E-state index contributed by atoms with van der Waals surface area (Å²) in [5.74, 6) is 1.83. The molecule has 29 heavy (non-hydrogen) atoms. The average molecular weight is 396 g/mol. The van der Waals surface area contributed by atoms with Crippen molar-refractivity contribution < 1.29 is 14.3 Å². The van der Waals surface area contributed by atoms with Crippen molar-refractivity contribution in [2.45, 2.75) is 32.7 Å². The number of aryl methyl sites for hydroxylation is 2. The van der Waals surface area contributed by atoms with Crippen molar-refractivity contribution >= 4 is 16.9 Å². The normalized spacial score (nSPS) is 11.0. The molecule has 2 aromatic carbocycles. The number of imidazole rings is 1. The van der Waals surface area contributed by atoms with Crippen LogP contribution in [0.1, 0.15) is 24.2 Å². The van der Waals surface area contributed by atoms with Gasteiger partial charge in [-0.3, -0.25) is 4.79 Å². The summed E-state index contributed by atoms with van der Waals surface area (Å²) < 4.78 is 13.0. The number of ether oxygens (including phenoxy) is 2. The smallest absolute Gasteiger partial charge is 0.245 e. The molecule has 6 heteroatoms. The van der Waals surface area contributed by atoms with E-state index in [2.05, 4.69) is 28.9 Å². The molecular weight excluding hydrogens is 366 g/mol. The lowest BCUT2D eigenvalue weighted by molar-refractivity contribution is -0.124. The molecule has 0 unspecified atom stereocenters. The zero-order chi connectivity index (χ0) is 20.5. The fraction of sp³-hybridized carbons (Fsp3) is 0.391. The zero-order valence-electron chi connectivity index (χ0n) is 17.2. The Morgan fingerprint density at radius 1 is 1.10 bits per heavy atom. The highest BCUT2D eigenvalue weighted by Crippen LogP contribution is 2.19. The van der Waals surface area contributed by atoms with E-state index in [1.54, 1.807) is 0 Å². The molecule has 0 aliphatic rings. The number of rotatable bonds is 11. The second-order valence-electron chi connectivity index (χ2n) is 7.02. The largest absolute Gasteiger partial charge is 0.493 e. The molecule has 0 saturated carbocycles. The van der Waals surface area contributed by atoms with Crippen LogP contribution in [-0.2, 0) is 22.5 Å². The van der Waals surface area contributed by atoms with E-state index in [4.69, 9.17) is 14.5 Å². The van der Waals surface area contributed by atoms with Crippen molar-refractivity contribution in [1.82, 2.24) is 14.9 Å². The first kappa shape index (κ1) is 20.9. The van der Waals surface area contributed by atoms with Gasteiger partial charge in [-0.15, -0.1) is 0 Å². The second-order valence-corrected chi connectivity index (χ2v) is 7.02. The molecule has 6 nitrogen and oxygen atoms in total. The Hall–Kier alpha value is -2.86. The van der Waals surface area contributed by atoms with Crippen molar-refractivity contribution in [3.8, 4) is 5.75 Å². The number of nitrogens with one attached hydrogen (secondary N) is 1. The number of fused-ring (bicyclic) bond motifs is 1. The van der Waals surface area contributed by atoms with Crippen molar-refractivity contribution in [3.05, 3.63) is 59.9 Å². The molecule has 1 N–H and O–H groups in total. The number of unbranched alkanes of at least 4 members (excludes halogenated alkanes) is 1. The average Bonchev–Trinajstić information content (AvgIpc) is 3.07. The number of amides is 1. The van der Waals surface area contributed by atoms with Gasteiger partial charge in [0.25, 0.3) is 0 Å². The molecule has 0 aliphatic heterocycles. The molecule has 154 valence electrons. The van der Waals surface area contributed by atoms with Crippen LogP contribution in [0.4, 0.5) is 0 Å². The first-order chi connectivity index (χ1) is 14.2. The van der Waals surface area contributed by atoms with Crippen molar-refractivity contribution in [3.63, 3.8) is 0 Å². The molecule has 0 spiro atoms. The Bertz CT molecular complexity index is 936. The standard InChI is InChI=1S/C23H29N3O3/c1-18-9-3-6-12-21(18)29-16-8-7-15-26-20-11-5-4-10-19(20)25-22(26)13-14-24-23(27)17-28-2/h3-6,9-12H,7-8,13-17H2,1-2H3,(H,24,27). The van der Waals surface area contributed by atoms with Gasteiger partial charge in [0, 0.05) is 26.6 Å². The molecular formula is C23H29N3O3. The monoisotopic (exact) mass is 395 g/mol. The lowest BCUT2D eigenvalue weighted by atomic mass is 10.2. The Labute approximate surface area is 171 Å². The Morgan fingerprint density at radius 2 is 1.90 bits per heavy atom. The van der Waals surface area contributed by atoms with E-state index in [1.165, 1.54) is 7.11 Å². The summed E-state index contributed by atoms with van der Waals surface area (Å²) >= 11 is 0. The van der Waals surface area contributed by atoms with Gasteiger partial charge in [-0.05, 0) is 43.5 Å². The number of carbonyl (C=O) groups excluding carboxylic acids is 1. The molecule has 0 fully saturated rings. The quantitative estimate of drug-likeness (QED) is 0.505. The molecule has 0 aliphatic carbocycles.